The number of nitrogens with one attached hydrogen (secondary N) is 1. The summed E-state index contributed by atoms with van der Waals surface area (Å²) in [6, 6.07) is 8.41. The Balaban J connectivity index is 1.73. The summed E-state index contributed by atoms with van der Waals surface area (Å²) in [5.74, 6) is -0.482. The van der Waals surface area contributed by atoms with E-state index in [0.717, 1.165) is 13.1 Å². The minimum Gasteiger partial charge on any atom is -0.464 e. The van der Waals surface area contributed by atoms with Gasteiger partial charge in [0.1, 0.15) is 5.69 Å². The van der Waals surface area contributed by atoms with Gasteiger partial charge < -0.3 is 19.5 Å². The molecule has 1 aliphatic rings. The number of methoxy groups -OCH3 is 1. The first-order valence-electron chi connectivity index (χ1n) is 8.80. The highest BCUT2D eigenvalue weighted by atomic mass is 16.5. The Hall–Kier alpha value is -2.76. The number of hydrogen-bond acceptors (Lipinski definition) is 4. The van der Waals surface area contributed by atoms with Crippen molar-refractivity contribution in [1.82, 2.24) is 9.88 Å². The molecule has 1 N–H and O–H groups in total. The highest BCUT2D eigenvalue weighted by Gasteiger charge is 2.28. The van der Waals surface area contributed by atoms with Crippen molar-refractivity contribution in [3.63, 3.8) is 0 Å². The molecule has 6 nitrogen and oxygen atoms in total. The molecule has 0 unspecified atom stereocenters. The number of rotatable bonds is 3. The number of H-pyrrole nitrogens is 1. The van der Waals surface area contributed by atoms with Crippen molar-refractivity contribution in [1.29, 1.82) is 0 Å². The minimum atomic E-state index is -0.450. The monoisotopic (exact) mass is 355 g/mol. The second-order valence-electron chi connectivity index (χ2n) is 6.73. The SMILES string of the molecule is COC(=O)c1[nH]c(C)c(C(=O)N2CCN(c3cccc(C)c3)CC2)c1C. The minimum absolute atomic E-state index is 0.0321. The van der Waals surface area contributed by atoms with Gasteiger partial charge in [0.05, 0.1) is 12.7 Å². The molecule has 0 spiro atoms. The van der Waals surface area contributed by atoms with Gasteiger partial charge in [0.15, 0.2) is 0 Å². The largest absolute Gasteiger partial charge is 0.464 e. The maximum atomic E-state index is 13.0. The van der Waals surface area contributed by atoms with Crippen LogP contribution in [-0.4, -0.2) is 55.0 Å². The lowest BCUT2D eigenvalue weighted by atomic mass is 10.1. The average molecular weight is 355 g/mol. The molecule has 6 heteroatoms. The first kappa shape index (κ1) is 18.0. The number of aryl methyl sites for hydroxylation is 2. The standard InChI is InChI=1S/C20H25N3O3/c1-13-6-5-7-16(12-13)22-8-10-23(11-9-22)19(24)17-14(2)18(20(25)26-4)21-15(17)3/h5-7,12,21H,8-11H2,1-4H3. The van der Waals surface area contributed by atoms with Gasteiger partial charge in [-0.1, -0.05) is 12.1 Å². The Morgan fingerprint density at radius 2 is 1.77 bits per heavy atom. The number of ether oxygens (including phenoxy) is 1. The van der Waals surface area contributed by atoms with E-state index in [0.29, 0.717) is 35.6 Å². The van der Waals surface area contributed by atoms with Gasteiger partial charge in [-0.3, -0.25) is 4.79 Å². The summed E-state index contributed by atoms with van der Waals surface area (Å²) in [6.07, 6.45) is 0. The smallest absolute Gasteiger partial charge is 0.354 e. The molecule has 1 saturated heterocycles. The molecule has 26 heavy (non-hydrogen) atoms. The van der Waals surface area contributed by atoms with Gasteiger partial charge in [-0.2, -0.15) is 0 Å². The van der Waals surface area contributed by atoms with Crippen molar-refractivity contribution >= 4 is 17.6 Å². The number of piperazine rings is 1. The van der Waals surface area contributed by atoms with E-state index >= 15 is 0 Å². The van der Waals surface area contributed by atoms with Crippen LogP contribution in [0, 0.1) is 20.8 Å². The number of carbonyl (C=O) groups excluding carboxylic acids is 2. The van der Waals surface area contributed by atoms with E-state index < -0.39 is 5.97 Å². The fraction of sp³-hybridized carbons (Fsp3) is 0.400. The number of aromatic amines is 1. The van der Waals surface area contributed by atoms with Crippen LogP contribution in [0.3, 0.4) is 0 Å². The number of esters is 1. The summed E-state index contributed by atoms with van der Waals surface area (Å²) in [5.41, 5.74) is 4.71. The Bertz CT molecular complexity index is 833. The molecule has 1 aromatic heterocycles. The average Bonchev–Trinajstić information content (AvgIpc) is 2.95. The Kier molecular flexibility index (Phi) is 5.02. The third kappa shape index (κ3) is 3.31. The van der Waals surface area contributed by atoms with Crippen molar-refractivity contribution in [2.45, 2.75) is 20.8 Å². The van der Waals surface area contributed by atoms with Crippen molar-refractivity contribution in [2.24, 2.45) is 0 Å². The van der Waals surface area contributed by atoms with E-state index in [1.807, 2.05) is 11.8 Å². The molecular weight excluding hydrogens is 330 g/mol. The van der Waals surface area contributed by atoms with E-state index in [2.05, 4.69) is 41.1 Å². The molecule has 2 aromatic rings. The lowest BCUT2D eigenvalue weighted by Crippen LogP contribution is -2.49. The fourth-order valence-electron chi connectivity index (χ4n) is 3.53. The van der Waals surface area contributed by atoms with Crippen LogP contribution < -0.4 is 4.90 Å². The summed E-state index contributed by atoms with van der Waals surface area (Å²) < 4.78 is 4.78. The van der Waals surface area contributed by atoms with Gasteiger partial charge in [-0.05, 0) is 44.0 Å². The van der Waals surface area contributed by atoms with E-state index in [1.165, 1.54) is 18.4 Å². The van der Waals surface area contributed by atoms with E-state index in [4.69, 9.17) is 4.74 Å². The maximum absolute atomic E-state index is 13.0. The van der Waals surface area contributed by atoms with Crippen molar-refractivity contribution in [3.05, 3.63) is 52.3 Å². The maximum Gasteiger partial charge on any atom is 0.354 e. The Morgan fingerprint density at radius 1 is 1.08 bits per heavy atom. The van der Waals surface area contributed by atoms with E-state index in [-0.39, 0.29) is 5.91 Å². The van der Waals surface area contributed by atoms with Gasteiger partial charge in [0.2, 0.25) is 0 Å². The van der Waals surface area contributed by atoms with Crippen LogP contribution >= 0.6 is 0 Å². The highest BCUT2D eigenvalue weighted by Crippen LogP contribution is 2.23. The quantitative estimate of drug-likeness (QED) is 0.860. The number of aromatic nitrogens is 1. The zero-order chi connectivity index (χ0) is 18.8. The molecule has 0 saturated carbocycles. The zero-order valence-electron chi connectivity index (χ0n) is 15.8. The predicted octanol–water partition coefficient (Wildman–Crippen LogP) is 2.69. The first-order chi connectivity index (χ1) is 12.4. The third-order valence-corrected chi connectivity index (χ3v) is 4.97. The number of carbonyl (C=O) groups is 2. The summed E-state index contributed by atoms with van der Waals surface area (Å²) in [5, 5.41) is 0. The first-order valence-corrected chi connectivity index (χ1v) is 8.80. The lowest BCUT2D eigenvalue weighted by Gasteiger charge is -2.36. The third-order valence-electron chi connectivity index (χ3n) is 4.97. The topological polar surface area (TPSA) is 65.6 Å². The number of hydrogen-bond donors (Lipinski definition) is 1. The normalized spacial score (nSPS) is 14.5. The van der Waals surface area contributed by atoms with Crippen molar-refractivity contribution < 1.29 is 14.3 Å². The molecule has 0 atom stereocenters. The number of benzene rings is 1. The molecule has 2 heterocycles. The summed E-state index contributed by atoms with van der Waals surface area (Å²) in [6.45, 7) is 8.58. The molecule has 1 amide bonds. The zero-order valence-corrected chi connectivity index (χ0v) is 15.8. The summed E-state index contributed by atoms with van der Waals surface area (Å²) >= 11 is 0. The fourth-order valence-corrected chi connectivity index (χ4v) is 3.53. The van der Waals surface area contributed by atoms with Crippen LogP contribution in [0.15, 0.2) is 24.3 Å². The predicted molar refractivity (Wildman–Crippen MR) is 101 cm³/mol. The molecule has 3 rings (SSSR count). The van der Waals surface area contributed by atoms with Crippen LogP contribution in [0.5, 0.6) is 0 Å². The molecular formula is C20H25N3O3. The molecule has 0 aliphatic carbocycles. The van der Waals surface area contributed by atoms with Crippen molar-refractivity contribution in [3.8, 4) is 0 Å². The Morgan fingerprint density at radius 3 is 2.38 bits per heavy atom. The van der Waals surface area contributed by atoms with Crippen molar-refractivity contribution in [2.75, 3.05) is 38.2 Å². The van der Waals surface area contributed by atoms with Gasteiger partial charge in [0, 0.05) is 37.6 Å². The summed E-state index contributed by atoms with van der Waals surface area (Å²) in [4.78, 5) is 32.0. The van der Waals surface area contributed by atoms with E-state index in [1.54, 1.807) is 6.92 Å². The van der Waals surface area contributed by atoms with Crippen LogP contribution in [0.4, 0.5) is 5.69 Å². The number of anilines is 1. The van der Waals surface area contributed by atoms with Crippen LogP contribution in [0.25, 0.3) is 0 Å². The second-order valence-corrected chi connectivity index (χ2v) is 6.73. The lowest BCUT2D eigenvalue weighted by molar-refractivity contribution is 0.0594. The van der Waals surface area contributed by atoms with Gasteiger partial charge in [0.25, 0.3) is 5.91 Å². The molecule has 1 aromatic carbocycles. The van der Waals surface area contributed by atoms with E-state index in [9.17, 15) is 9.59 Å². The summed E-state index contributed by atoms with van der Waals surface area (Å²) in [7, 11) is 1.34. The molecule has 1 aliphatic heterocycles. The van der Waals surface area contributed by atoms with Gasteiger partial charge in [-0.25, -0.2) is 4.79 Å². The molecule has 138 valence electrons. The van der Waals surface area contributed by atoms with Crippen LogP contribution in [-0.2, 0) is 4.74 Å². The number of amides is 1. The van der Waals surface area contributed by atoms with Gasteiger partial charge in [-0.15, -0.1) is 0 Å². The number of nitrogens with zero attached hydrogens (tertiary/aromatic N) is 2. The molecule has 0 radical (unpaired) electrons. The molecule has 1 fully saturated rings. The van der Waals surface area contributed by atoms with Gasteiger partial charge >= 0.3 is 5.97 Å². The second kappa shape index (κ2) is 7.23. The Labute approximate surface area is 153 Å². The molecule has 0 bridgehead atoms. The van der Waals surface area contributed by atoms with Crippen LogP contribution in [0.2, 0.25) is 0 Å². The van der Waals surface area contributed by atoms with Crippen LogP contribution in [0.1, 0.15) is 37.7 Å². The highest BCUT2D eigenvalue weighted by molar-refractivity contribution is 6.01.